The lowest BCUT2D eigenvalue weighted by atomic mass is 9.82. The molecule has 0 N–H and O–H groups in total. The molecule has 0 radical (unpaired) electrons. The van der Waals surface area contributed by atoms with Crippen molar-refractivity contribution >= 4 is 0 Å². The summed E-state index contributed by atoms with van der Waals surface area (Å²) in [6.07, 6.45) is 10.6. The lowest BCUT2D eigenvalue weighted by molar-refractivity contribution is 0.00319. The summed E-state index contributed by atoms with van der Waals surface area (Å²) >= 11 is 0. The number of hydrogen-bond donors (Lipinski definition) is 0. The van der Waals surface area contributed by atoms with Gasteiger partial charge in [0.15, 0.2) is 0 Å². The average molecular weight is 410 g/mol. The topological polar surface area (TPSA) is 31.4 Å². The van der Waals surface area contributed by atoms with Crippen LogP contribution in [0.2, 0.25) is 0 Å². The summed E-state index contributed by atoms with van der Waals surface area (Å²) in [5.74, 6) is 1.49. The fourth-order valence-corrected chi connectivity index (χ4v) is 4.82. The van der Waals surface area contributed by atoms with Crippen LogP contribution < -0.4 is 4.74 Å². The monoisotopic (exact) mass is 409 g/mol. The van der Waals surface area contributed by atoms with Crippen LogP contribution in [0.25, 0.3) is 11.3 Å². The van der Waals surface area contributed by atoms with E-state index in [2.05, 4.69) is 58.9 Å². The third kappa shape index (κ3) is 5.24. The Balaban J connectivity index is 2.08. The summed E-state index contributed by atoms with van der Waals surface area (Å²) in [4.78, 5) is 4.97. The summed E-state index contributed by atoms with van der Waals surface area (Å²) in [5, 5.41) is 0. The van der Waals surface area contributed by atoms with Gasteiger partial charge in [0.05, 0.1) is 17.9 Å². The lowest BCUT2D eigenvalue weighted by Crippen LogP contribution is -2.21. The van der Waals surface area contributed by atoms with E-state index in [4.69, 9.17) is 14.5 Å². The predicted molar refractivity (Wildman–Crippen MR) is 125 cm³/mol. The molecular formula is C27H39NO2. The van der Waals surface area contributed by atoms with E-state index in [0.29, 0.717) is 12.5 Å². The van der Waals surface area contributed by atoms with Crippen molar-refractivity contribution in [3.8, 4) is 17.0 Å². The highest BCUT2D eigenvalue weighted by Gasteiger charge is 2.29. The number of hydrogen-bond acceptors (Lipinski definition) is 3. The molecule has 0 bridgehead atoms. The van der Waals surface area contributed by atoms with Crippen LogP contribution in [0.3, 0.4) is 0 Å². The number of benzene rings is 1. The van der Waals surface area contributed by atoms with Gasteiger partial charge in [-0.3, -0.25) is 4.98 Å². The van der Waals surface area contributed by atoms with Gasteiger partial charge < -0.3 is 9.47 Å². The van der Waals surface area contributed by atoms with Crippen LogP contribution in [0.4, 0.5) is 0 Å². The second-order valence-electron chi connectivity index (χ2n) is 8.71. The number of pyridine rings is 1. The first kappa shape index (κ1) is 22.8. The summed E-state index contributed by atoms with van der Waals surface area (Å²) in [6.45, 7) is 11.4. The number of aromatic nitrogens is 1. The van der Waals surface area contributed by atoms with E-state index in [0.717, 1.165) is 29.8 Å². The van der Waals surface area contributed by atoms with Crippen molar-refractivity contribution in [2.45, 2.75) is 91.8 Å². The Labute approximate surface area is 183 Å². The zero-order valence-electron chi connectivity index (χ0n) is 19.5. The van der Waals surface area contributed by atoms with Crippen LogP contribution in [-0.4, -0.2) is 17.7 Å². The van der Waals surface area contributed by atoms with Gasteiger partial charge in [-0.2, -0.15) is 0 Å². The maximum atomic E-state index is 6.35. The fraction of sp³-hybridized carbons (Fsp3) is 0.593. The molecule has 1 unspecified atom stereocenters. The van der Waals surface area contributed by atoms with Crippen LogP contribution in [0.5, 0.6) is 5.75 Å². The Morgan fingerprint density at radius 1 is 1.00 bits per heavy atom. The summed E-state index contributed by atoms with van der Waals surface area (Å²) < 4.78 is 12.7. The van der Waals surface area contributed by atoms with Crippen molar-refractivity contribution in [1.29, 1.82) is 0 Å². The van der Waals surface area contributed by atoms with Crippen molar-refractivity contribution in [3.05, 3.63) is 47.2 Å². The van der Waals surface area contributed by atoms with E-state index < -0.39 is 0 Å². The number of nitrogens with zero attached hydrogens (tertiary/aromatic N) is 1. The Kier molecular flexibility index (Phi) is 8.32. The number of rotatable bonds is 9. The molecule has 1 fully saturated rings. The van der Waals surface area contributed by atoms with Gasteiger partial charge in [0, 0.05) is 30.0 Å². The summed E-state index contributed by atoms with van der Waals surface area (Å²) in [6, 6.07) is 8.77. The minimum Gasteiger partial charge on any atom is -0.490 e. The molecule has 1 aromatic heterocycles. The third-order valence-corrected chi connectivity index (χ3v) is 6.24. The van der Waals surface area contributed by atoms with Gasteiger partial charge in [-0.05, 0) is 63.5 Å². The highest BCUT2D eigenvalue weighted by atomic mass is 16.5. The second kappa shape index (κ2) is 10.9. The highest BCUT2D eigenvalue weighted by Crippen LogP contribution is 2.42. The molecule has 0 spiro atoms. The lowest BCUT2D eigenvalue weighted by Gasteiger charge is -2.31. The fourth-order valence-electron chi connectivity index (χ4n) is 4.82. The Morgan fingerprint density at radius 2 is 1.67 bits per heavy atom. The van der Waals surface area contributed by atoms with Gasteiger partial charge in [-0.25, -0.2) is 0 Å². The van der Waals surface area contributed by atoms with Crippen LogP contribution in [-0.2, 0) is 17.6 Å². The zero-order chi connectivity index (χ0) is 21.5. The van der Waals surface area contributed by atoms with Gasteiger partial charge in [-0.1, -0.05) is 51.3 Å². The molecule has 1 atom stereocenters. The first-order valence-corrected chi connectivity index (χ1v) is 12.0. The van der Waals surface area contributed by atoms with Gasteiger partial charge in [0.1, 0.15) is 5.75 Å². The number of aryl methyl sites for hydroxylation is 2. The van der Waals surface area contributed by atoms with Crippen molar-refractivity contribution in [2.24, 2.45) is 5.92 Å². The average Bonchev–Trinajstić information content (AvgIpc) is 2.77. The van der Waals surface area contributed by atoms with Gasteiger partial charge in [0.25, 0.3) is 0 Å². The minimum absolute atomic E-state index is 0.0673. The minimum atomic E-state index is 0.0673. The van der Waals surface area contributed by atoms with E-state index in [1.807, 2.05) is 6.20 Å². The third-order valence-electron chi connectivity index (χ3n) is 6.24. The van der Waals surface area contributed by atoms with Crippen LogP contribution in [0, 0.1) is 5.92 Å². The molecular weight excluding hydrogens is 370 g/mol. The van der Waals surface area contributed by atoms with E-state index >= 15 is 0 Å². The molecule has 3 nitrogen and oxygen atoms in total. The standard InChI is InChI=1S/C27H39NO2/c1-6-20-15-12-16-21(7-2)26(20)24-17-25(30-19(4)5)23(18-28-24)27(29-8-3)22-13-10-9-11-14-22/h12,15-19,22,27H,6-11,13-14H2,1-5H3. The molecule has 3 rings (SSSR count). The first-order chi connectivity index (χ1) is 14.6. The smallest absolute Gasteiger partial charge is 0.129 e. The normalized spacial score (nSPS) is 16.1. The van der Waals surface area contributed by atoms with Gasteiger partial charge in [-0.15, -0.1) is 0 Å². The van der Waals surface area contributed by atoms with Crippen LogP contribution >= 0.6 is 0 Å². The molecule has 1 aromatic carbocycles. The van der Waals surface area contributed by atoms with E-state index in [-0.39, 0.29) is 12.2 Å². The largest absolute Gasteiger partial charge is 0.490 e. The Hall–Kier alpha value is -1.87. The van der Waals surface area contributed by atoms with Crippen molar-refractivity contribution in [1.82, 2.24) is 4.98 Å². The molecule has 0 saturated heterocycles. The molecule has 1 aliphatic rings. The van der Waals surface area contributed by atoms with E-state index in [1.165, 1.54) is 48.8 Å². The maximum absolute atomic E-state index is 6.35. The van der Waals surface area contributed by atoms with E-state index in [1.54, 1.807) is 0 Å². The molecule has 2 aromatic rings. The van der Waals surface area contributed by atoms with Crippen LogP contribution in [0.1, 0.15) is 89.5 Å². The van der Waals surface area contributed by atoms with Crippen molar-refractivity contribution in [3.63, 3.8) is 0 Å². The van der Waals surface area contributed by atoms with Gasteiger partial charge >= 0.3 is 0 Å². The Bertz CT molecular complexity index is 786. The summed E-state index contributed by atoms with van der Waals surface area (Å²) in [7, 11) is 0. The first-order valence-electron chi connectivity index (χ1n) is 12.0. The molecule has 0 amide bonds. The quantitative estimate of drug-likeness (QED) is 0.435. The molecule has 1 aliphatic carbocycles. The highest BCUT2D eigenvalue weighted by molar-refractivity contribution is 5.69. The maximum Gasteiger partial charge on any atom is 0.129 e. The zero-order valence-corrected chi connectivity index (χ0v) is 19.5. The van der Waals surface area contributed by atoms with Crippen molar-refractivity contribution < 1.29 is 9.47 Å². The molecule has 30 heavy (non-hydrogen) atoms. The Morgan fingerprint density at radius 3 is 2.23 bits per heavy atom. The van der Waals surface area contributed by atoms with Gasteiger partial charge in [0.2, 0.25) is 0 Å². The molecule has 0 aliphatic heterocycles. The molecule has 3 heteroatoms. The van der Waals surface area contributed by atoms with Crippen LogP contribution in [0.15, 0.2) is 30.5 Å². The summed E-state index contributed by atoms with van der Waals surface area (Å²) in [5.41, 5.74) is 6.10. The van der Waals surface area contributed by atoms with E-state index in [9.17, 15) is 0 Å². The molecule has 164 valence electrons. The molecule has 1 heterocycles. The molecule has 1 saturated carbocycles. The van der Waals surface area contributed by atoms with Crippen molar-refractivity contribution in [2.75, 3.05) is 6.61 Å². The number of ether oxygens (including phenoxy) is 2. The SMILES string of the molecule is CCOC(c1cnc(-c2c(CC)cccc2CC)cc1OC(C)C)C1CCCCC1. The predicted octanol–water partition coefficient (Wildman–Crippen LogP) is 7.32. The second-order valence-corrected chi connectivity index (χ2v) is 8.71.